The van der Waals surface area contributed by atoms with Gasteiger partial charge in [0.05, 0.1) is 0 Å². The fourth-order valence-electron chi connectivity index (χ4n) is 2.61. The van der Waals surface area contributed by atoms with Crippen LogP contribution in [0.2, 0.25) is 0 Å². The van der Waals surface area contributed by atoms with Gasteiger partial charge >= 0.3 is 6.03 Å². The van der Waals surface area contributed by atoms with E-state index in [0.717, 1.165) is 30.5 Å². The second-order valence-corrected chi connectivity index (χ2v) is 5.65. The molecule has 1 aliphatic rings. The Labute approximate surface area is 137 Å². The zero-order valence-electron chi connectivity index (χ0n) is 12.9. The molecule has 8 nitrogen and oxygen atoms in total. The van der Waals surface area contributed by atoms with E-state index in [-0.39, 0.29) is 24.2 Å². The van der Waals surface area contributed by atoms with Crippen LogP contribution in [-0.4, -0.2) is 38.2 Å². The van der Waals surface area contributed by atoms with Crippen molar-refractivity contribution in [2.24, 2.45) is 0 Å². The van der Waals surface area contributed by atoms with Crippen molar-refractivity contribution in [1.82, 2.24) is 30.8 Å². The monoisotopic (exact) mass is 332 g/mol. The number of hydrogen-bond acceptors (Lipinski definition) is 5. The Morgan fingerprint density at radius 3 is 2.62 bits per heavy atom. The van der Waals surface area contributed by atoms with Gasteiger partial charge in [0.15, 0.2) is 0 Å². The molecule has 0 radical (unpaired) electrons. The second kappa shape index (κ2) is 7.16. The summed E-state index contributed by atoms with van der Waals surface area (Å²) >= 11 is 0. The van der Waals surface area contributed by atoms with Crippen LogP contribution in [0.15, 0.2) is 24.3 Å². The van der Waals surface area contributed by atoms with E-state index in [9.17, 15) is 14.0 Å². The Bertz CT molecular complexity index is 724. The molecular formula is C15H17FN6O2. The lowest BCUT2D eigenvalue weighted by Gasteiger charge is -2.11. The summed E-state index contributed by atoms with van der Waals surface area (Å²) in [6.07, 6.45) is 4.06. The molecule has 1 heterocycles. The summed E-state index contributed by atoms with van der Waals surface area (Å²) in [7, 11) is 0. The van der Waals surface area contributed by atoms with Gasteiger partial charge in [-0.1, -0.05) is 12.8 Å². The van der Waals surface area contributed by atoms with Crippen molar-refractivity contribution in [3.63, 3.8) is 0 Å². The molecule has 0 bridgehead atoms. The molecule has 0 atom stereocenters. The molecule has 3 amide bonds. The maximum Gasteiger partial charge on any atom is 0.321 e. The topological polar surface area (TPSA) is 102 Å². The maximum absolute atomic E-state index is 12.9. The van der Waals surface area contributed by atoms with Crippen molar-refractivity contribution in [1.29, 1.82) is 0 Å². The molecule has 3 rings (SSSR count). The highest BCUT2D eigenvalue weighted by Crippen LogP contribution is 2.17. The molecule has 1 aromatic heterocycles. The highest BCUT2D eigenvalue weighted by molar-refractivity contribution is 5.94. The molecule has 1 aromatic carbocycles. The highest BCUT2D eigenvalue weighted by atomic mass is 19.1. The van der Waals surface area contributed by atoms with Crippen LogP contribution in [0.25, 0.3) is 11.4 Å². The van der Waals surface area contributed by atoms with Crippen LogP contribution in [-0.2, 0) is 11.3 Å². The van der Waals surface area contributed by atoms with Crippen molar-refractivity contribution in [2.75, 3.05) is 0 Å². The number of aromatic nitrogens is 4. The van der Waals surface area contributed by atoms with Crippen LogP contribution in [0.1, 0.15) is 25.7 Å². The van der Waals surface area contributed by atoms with E-state index in [1.807, 2.05) is 0 Å². The van der Waals surface area contributed by atoms with Crippen LogP contribution in [0.4, 0.5) is 9.18 Å². The van der Waals surface area contributed by atoms with Crippen LogP contribution < -0.4 is 10.6 Å². The first-order valence-electron chi connectivity index (χ1n) is 7.74. The molecule has 0 unspecified atom stereocenters. The van der Waals surface area contributed by atoms with Gasteiger partial charge in [-0.05, 0) is 42.3 Å². The van der Waals surface area contributed by atoms with Crippen molar-refractivity contribution >= 4 is 11.9 Å². The van der Waals surface area contributed by atoms with Crippen molar-refractivity contribution in [3.05, 3.63) is 30.1 Å². The number of tetrazole rings is 1. The fraction of sp³-hybridized carbons (Fsp3) is 0.400. The third kappa shape index (κ3) is 4.12. The van der Waals surface area contributed by atoms with Gasteiger partial charge in [-0.2, -0.15) is 4.80 Å². The van der Waals surface area contributed by atoms with Gasteiger partial charge in [0, 0.05) is 11.6 Å². The zero-order chi connectivity index (χ0) is 16.9. The average Bonchev–Trinajstić information content (AvgIpc) is 3.19. The van der Waals surface area contributed by atoms with Crippen molar-refractivity contribution in [3.8, 4) is 11.4 Å². The summed E-state index contributed by atoms with van der Waals surface area (Å²) in [5, 5.41) is 16.6. The van der Waals surface area contributed by atoms with Crippen LogP contribution in [0, 0.1) is 5.82 Å². The number of benzene rings is 1. The van der Waals surface area contributed by atoms with Crippen molar-refractivity contribution in [2.45, 2.75) is 38.3 Å². The number of imide groups is 1. The number of carbonyl (C=O) groups excluding carboxylic acids is 2. The van der Waals surface area contributed by atoms with Gasteiger partial charge in [0.1, 0.15) is 12.4 Å². The third-order valence-corrected chi connectivity index (χ3v) is 3.78. The molecule has 0 saturated heterocycles. The summed E-state index contributed by atoms with van der Waals surface area (Å²) in [5.41, 5.74) is 0.585. The number of nitrogens with zero attached hydrogens (tertiary/aromatic N) is 4. The summed E-state index contributed by atoms with van der Waals surface area (Å²) < 4.78 is 12.9. The SMILES string of the molecule is O=C(Cn1nnc(-c2ccc(F)cc2)n1)NC(=O)NC1CCCC1. The number of urea groups is 1. The number of hydrogen-bond donors (Lipinski definition) is 2. The Balaban J connectivity index is 1.53. The Kier molecular flexibility index (Phi) is 4.78. The van der Waals surface area contributed by atoms with Crippen molar-refractivity contribution < 1.29 is 14.0 Å². The normalized spacial score (nSPS) is 14.5. The van der Waals surface area contributed by atoms with Gasteiger partial charge in [-0.15, -0.1) is 10.2 Å². The summed E-state index contributed by atoms with van der Waals surface area (Å²) in [6, 6.07) is 5.24. The molecule has 1 fully saturated rings. The van der Waals surface area contributed by atoms with E-state index in [2.05, 4.69) is 26.0 Å². The summed E-state index contributed by atoms with van der Waals surface area (Å²) in [5.74, 6) is -0.620. The average molecular weight is 332 g/mol. The van der Waals surface area contributed by atoms with E-state index in [1.54, 1.807) is 0 Å². The Morgan fingerprint density at radius 1 is 1.21 bits per heavy atom. The van der Waals surface area contributed by atoms with E-state index in [0.29, 0.717) is 5.56 Å². The summed E-state index contributed by atoms with van der Waals surface area (Å²) in [6.45, 7) is -0.230. The number of halogens is 1. The molecule has 0 spiro atoms. The molecule has 2 N–H and O–H groups in total. The summed E-state index contributed by atoms with van der Waals surface area (Å²) in [4.78, 5) is 24.6. The first kappa shape index (κ1) is 16.0. The van der Waals surface area contributed by atoms with Gasteiger partial charge in [-0.25, -0.2) is 9.18 Å². The van der Waals surface area contributed by atoms with E-state index in [4.69, 9.17) is 0 Å². The zero-order valence-corrected chi connectivity index (χ0v) is 12.9. The minimum atomic E-state index is -0.534. The van der Waals surface area contributed by atoms with Crippen LogP contribution in [0.5, 0.6) is 0 Å². The quantitative estimate of drug-likeness (QED) is 0.877. The molecule has 1 saturated carbocycles. The molecule has 126 valence electrons. The molecule has 2 aromatic rings. The smallest absolute Gasteiger partial charge is 0.321 e. The number of nitrogens with one attached hydrogen (secondary N) is 2. The molecular weight excluding hydrogens is 315 g/mol. The van der Waals surface area contributed by atoms with Gasteiger partial charge in [-0.3, -0.25) is 10.1 Å². The predicted molar refractivity (Wildman–Crippen MR) is 82.1 cm³/mol. The van der Waals surface area contributed by atoms with Gasteiger partial charge in [0.2, 0.25) is 5.82 Å². The van der Waals surface area contributed by atoms with Gasteiger partial charge < -0.3 is 5.32 Å². The molecule has 24 heavy (non-hydrogen) atoms. The second-order valence-electron chi connectivity index (χ2n) is 5.65. The number of amides is 3. The third-order valence-electron chi connectivity index (χ3n) is 3.78. The van der Waals surface area contributed by atoms with E-state index < -0.39 is 11.9 Å². The number of rotatable bonds is 4. The first-order valence-corrected chi connectivity index (χ1v) is 7.74. The van der Waals surface area contributed by atoms with E-state index >= 15 is 0 Å². The van der Waals surface area contributed by atoms with E-state index in [1.165, 1.54) is 24.3 Å². The lowest BCUT2D eigenvalue weighted by Crippen LogP contribution is -2.44. The molecule has 1 aliphatic carbocycles. The predicted octanol–water partition coefficient (Wildman–Crippen LogP) is 1.25. The first-order chi connectivity index (χ1) is 11.6. The standard InChI is InChI=1S/C15H17FN6O2/c16-11-7-5-10(6-8-11)14-19-21-22(20-14)9-13(23)18-15(24)17-12-3-1-2-4-12/h5-8,12H,1-4,9H2,(H2,17,18,23,24). The Hall–Kier alpha value is -2.84. The minimum Gasteiger partial charge on any atom is -0.335 e. The van der Waals surface area contributed by atoms with Crippen LogP contribution >= 0.6 is 0 Å². The lowest BCUT2D eigenvalue weighted by molar-refractivity contribution is -0.121. The molecule has 0 aliphatic heterocycles. The lowest BCUT2D eigenvalue weighted by atomic mass is 10.2. The Morgan fingerprint density at radius 2 is 1.92 bits per heavy atom. The van der Waals surface area contributed by atoms with Crippen LogP contribution in [0.3, 0.4) is 0 Å². The minimum absolute atomic E-state index is 0.132. The fourth-order valence-corrected chi connectivity index (χ4v) is 2.61. The largest absolute Gasteiger partial charge is 0.335 e. The number of carbonyl (C=O) groups is 2. The maximum atomic E-state index is 12.9. The highest BCUT2D eigenvalue weighted by Gasteiger charge is 2.18. The van der Waals surface area contributed by atoms with Gasteiger partial charge in [0.25, 0.3) is 5.91 Å². The molecule has 9 heteroatoms.